The van der Waals surface area contributed by atoms with Gasteiger partial charge in [-0.2, -0.15) is 5.26 Å². The number of fused-ring (bicyclic) bond motifs is 9. The molecular formula is C50H29N5. The molecule has 0 saturated heterocycles. The summed E-state index contributed by atoms with van der Waals surface area (Å²) in [6, 6.07) is 63.7. The highest BCUT2D eigenvalue weighted by Crippen LogP contribution is 2.42. The van der Waals surface area contributed by atoms with Crippen molar-refractivity contribution in [2.45, 2.75) is 0 Å². The number of rotatable bonds is 4. The van der Waals surface area contributed by atoms with Crippen molar-refractivity contribution in [1.82, 2.24) is 13.7 Å². The fraction of sp³-hybridized carbons (Fsp3) is 0. The summed E-state index contributed by atoms with van der Waals surface area (Å²) in [4.78, 5) is 3.84. The van der Waals surface area contributed by atoms with Gasteiger partial charge in [-0.05, 0) is 72.3 Å². The van der Waals surface area contributed by atoms with Gasteiger partial charge in [0.15, 0.2) is 5.69 Å². The van der Waals surface area contributed by atoms with Crippen LogP contribution in [0.5, 0.6) is 0 Å². The molecule has 5 heteroatoms. The predicted molar refractivity (Wildman–Crippen MR) is 226 cm³/mol. The van der Waals surface area contributed by atoms with Crippen LogP contribution in [-0.2, 0) is 0 Å². The average molecular weight is 700 g/mol. The Morgan fingerprint density at radius 3 is 1.64 bits per heavy atom. The first-order chi connectivity index (χ1) is 27.2. The maximum absolute atomic E-state index is 10.1. The first kappa shape index (κ1) is 30.7. The molecule has 0 radical (unpaired) electrons. The summed E-state index contributed by atoms with van der Waals surface area (Å²) in [5.74, 6) is 0. The van der Waals surface area contributed by atoms with E-state index in [2.05, 4.69) is 164 Å². The lowest BCUT2D eigenvalue weighted by Gasteiger charge is -2.16. The molecule has 0 N–H and O–H groups in total. The standard InChI is InChI=1S/C50H29N5/c1-52-34-27-28-36(48(30-34)55-44-23-9-4-18-39(44)49-33(31-51)14-11-24-45(49)55)32-13-10-15-35(29-32)53-43-22-8-5-19-40(43)50-46(53)25-12-26-47(50)54-41-20-6-2-16-37(41)38-17-3-7-21-42(38)54/h2-30H. The quantitative estimate of drug-likeness (QED) is 0.169. The highest BCUT2D eigenvalue weighted by Gasteiger charge is 2.21. The van der Waals surface area contributed by atoms with Gasteiger partial charge in [-0.15, -0.1) is 0 Å². The molecule has 0 fully saturated rings. The molecule has 0 amide bonds. The Bertz CT molecular complexity index is 3420. The number of nitrogens with zero attached hydrogens (tertiary/aromatic N) is 5. The van der Waals surface area contributed by atoms with Crippen molar-refractivity contribution in [3.63, 3.8) is 0 Å². The number of hydrogen-bond acceptors (Lipinski definition) is 1. The molecule has 3 aromatic heterocycles. The summed E-state index contributed by atoms with van der Waals surface area (Å²) in [5.41, 5.74) is 12.8. The van der Waals surface area contributed by atoms with E-state index in [-0.39, 0.29) is 0 Å². The Hall–Kier alpha value is -7.86. The molecule has 55 heavy (non-hydrogen) atoms. The van der Waals surface area contributed by atoms with Crippen LogP contribution in [0.15, 0.2) is 176 Å². The van der Waals surface area contributed by atoms with Crippen molar-refractivity contribution in [3.05, 3.63) is 193 Å². The SMILES string of the molecule is [C-]#[N+]c1ccc(-c2cccc(-n3c4ccccc4c4c(-n5c6ccccc6c6ccccc65)cccc43)c2)c(-n2c3ccccc3c3c(C#N)cccc32)c1. The van der Waals surface area contributed by atoms with Gasteiger partial charge in [0.25, 0.3) is 0 Å². The molecule has 11 aromatic rings. The molecule has 0 aliphatic carbocycles. The van der Waals surface area contributed by atoms with Crippen molar-refractivity contribution < 1.29 is 0 Å². The van der Waals surface area contributed by atoms with Gasteiger partial charge >= 0.3 is 0 Å². The lowest BCUT2D eigenvalue weighted by Crippen LogP contribution is -1.99. The van der Waals surface area contributed by atoms with E-state index in [1.807, 2.05) is 36.4 Å². The molecule has 0 spiro atoms. The van der Waals surface area contributed by atoms with Gasteiger partial charge in [0.1, 0.15) is 0 Å². The zero-order valence-electron chi connectivity index (χ0n) is 29.5. The smallest absolute Gasteiger partial charge is 0.189 e. The second-order valence-corrected chi connectivity index (χ2v) is 13.9. The summed E-state index contributed by atoms with van der Waals surface area (Å²) < 4.78 is 6.99. The molecule has 0 atom stereocenters. The highest BCUT2D eigenvalue weighted by molar-refractivity contribution is 6.17. The fourth-order valence-electron chi connectivity index (χ4n) is 8.85. The minimum atomic E-state index is 0.553. The van der Waals surface area contributed by atoms with Crippen LogP contribution in [0.2, 0.25) is 0 Å². The molecule has 0 aliphatic heterocycles. The Kier molecular flexibility index (Phi) is 6.61. The molecule has 0 saturated carbocycles. The topological polar surface area (TPSA) is 42.9 Å². The third kappa shape index (κ3) is 4.39. The number of nitriles is 1. The minimum absolute atomic E-state index is 0.553. The molecule has 0 aliphatic rings. The second-order valence-electron chi connectivity index (χ2n) is 13.9. The van der Waals surface area contributed by atoms with Crippen LogP contribution >= 0.6 is 0 Å². The summed E-state index contributed by atoms with van der Waals surface area (Å²) in [7, 11) is 0. The Morgan fingerprint density at radius 2 is 0.964 bits per heavy atom. The summed E-state index contributed by atoms with van der Waals surface area (Å²) in [5, 5.41) is 16.9. The van der Waals surface area contributed by atoms with E-state index in [1.165, 1.54) is 32.6 Å². The van der Waals surface area contributed by atoms with E-state index in [9.17, 15) is 5.26 Å². The van der Waals surface area contributed by atoms with Crippen LogP contribution in [-0.4, -0.2) is 13.7 Å². The Labute approximate surface area is 316 Å². The molecule has 11 rings (SSSR count). The molecule has 0 unspecified atom stereocenters. The second kappa shape index (κ2) is 11.8. The van der Waals surface area contributed by atoms with Gasteiger partial charge in [-0.1, -0.05) is 109 Å². The van der Waals surface area contributed by atoms with Crippen LogP contribution in [0.3, 0.4) is 0 Å². The van der Waals surface area contributed by atoms with Crippen molar-refractivity contribution in [2.75, 3.05) is 0 Å². The zero-order chi connectivity index (χ0) is 36.6. The van der Waals surface area contributed by atoms with Crippen LogP contribution < -0.4 is 0 Å². The molecule has 254 valence electrons. The lowest BCUT2D eigenvalue weighted by atomic mass is 10.0. The Morgan fingerprint density at radius 1 is 0.436 bits per heavy atom. The lowest BCUT2D eigenvalue weighted by molar-refractivity contribution is 1.16. The summed E-state index contributed by atoms with van der Waals surface area (Å²) in [6.45, 7) is 7.94. The summed E-state index contributed by atoms with van der Waals surface area (Å²) >= 11 is 0. The third-order valence-electron chi connectivity index (χ3n) is 11.1. The van der Waals surface area contributed by atoms with Crippen LogP contribution in [0.1, 0.15) is 5.56 Å². The largest absolute Gasteiger partial charge is 0.310 e. The molecule has 5 nitrogen and oxygen atoms in total. The highest BCUT2D eigenvalue weighted by atomic mass is 15.0. The predicted octanol–water partition coefficient (Wildman–Crippen LogP) is 13.1. The van der Waals surface area contributed by atoms with E-state index in [0.29, 0.717) is 11.3 Å². The number of aromatic nitrogens is 3. The first-order valence-electron chi connectivity index (χ1n) is 18.3. The normalized spacial score (nSPS) is 11.6. The van der Waals surface area contributed by atoms with Crippen molar-refractivity contribution in [1.29, 1.82) is 5.26 Å². The van der Waals surface area contributed by atoms with Crippen molar-refractivity contribution >= 4 is 71.1 Å². The fourth-order valence-corrected chi connectivity index (χ4v) is 8.85. The van der Waals surface area contributed by atoms with Gasteiger partial charge in [0.2, 0.25) is 0 Å². The van der Waals surface area contributed by atoms with Gasteiger partial charge in [0.05, 0.1) is 57.0 Å². The zero-order valence-corrected chi connectivity index (χ0v) is 29.5. The first-order valence-corrected chi connectivity index (χ1v) is 18.3. The maximum atomic E-state index is 10.1. The monoisotopic (exact) mass is 699 g/mol. The van der Waals surface area contributed by atoms with E-state index < -0.39 is 0 Å². The van der Waals surface area contributed by atoms with E-state index in [4.69, 9.17) is 6.57 Å². The van der Waals surface area contributed by atoms with Crippen LogP contribution in [0.25, 0.3) is 98.5 Å². The number of para-hydroxylation sites is 4. The minimum Gasteiger partial charge on any atom is -0.310 e. The maximum Gasteiger partial charge on any atom is 0.189 e. The van der Waals surface area contributed by atoms with Crippen molar-refractivity contribution in [3.8, 4) is 34.3 Å². The van der Waals surface area contributed by atoms with Crippen LogP contribution in [0.4, 0.5) is 5.69 Å². The van der Waals surface area contributed by atoms with E-state index in [1.54, 1.807) is 0 Å². The van der Waals surface area contributed by atoms with Gasteiger partial charge in [-0.3, -0.25) is 0 Å². The van der Waals surface area contributed by atoms with Gasteiger partial charge < -0.3 is 13.7 Å². The molecule has 8 aromatic carbocycles. The van der Waals surface area contributed by atoms with E-state index >= 15 is 0 Å². The number of benzene rings is 8. The third-order valence-corrected chi connectivity index (χ3v) is 11.1. The molecular weight excluding hydrogens is 671 g/mol. The van der Waals surface area contributed by atoms with Crippen LogP contribution in [0, 0.1) is 17.9 Å². The number of hydrogen-bond donors (Lipinski definition) is 0. The van der Waals surface area contributed by atoms with Gasteiger partial charge in [0, 0.05) is 49.3 Å². The molecule has 0 bridgehead atoms. The van der Waals surface area contributed by atoms with E-state index in [0.717, 1.165) is 61.0 Å². The summed E-state index contributed by atoms with van der Waals surface area (Å²) in [6.07, 6.45) is 0. The van der Waals surface area contributed by atoms with Crippen molar-refractivity contribution in [2.24, 2.45) is 0 Å². The Balaban J connectivity index is 1.17. The van der Waals surface area contributed by atoms with Gasteiger partial charge in [-0.25, -0.2) is 4.85 Å². The average Bonchev–Trinajstić information content (AvgIpc) is 3.89. The molecule has 3 heterocycles.